The van der Waals surface area contributed by atoms with Crippen molar-refractivity contribution in [1.29, 1.82) is 0 Å². The molecule has 1 aromatic heterocycles. The number of benzene rings is 2. The third-order valence-electron chi connectivity index (χ3n) is 7.48. The van der Waals surface area contributed by atoms with Crippen LogP contribution in [0.15, 0.2) is 54.6 Å². The Morgan fingerprint density at radius 3 is 2.44 bits per heavy atom. The van der Waals surface area contributed by atoms with E-state index in [0.29, 0.717) is 0 Å². The van der Waals surface area contributed by atoms with Crippen molar-refractivity contribution < 1.29 is 4.79 Å². The number of rotatable bonds is 5. The molecule has 0 unspecified atom stereocenters. The van der Waals surface area contributed by atoms with E-state index in [1.54, 1.807) is 0 Å². The van der Waals surface area contributed by atoms with E-state index >= 15 is 0 Å². The summed E-state index contributed by atoms with van der Waals surface area (Å²) in [4.78, 5) is 24.8. The molecule has 0 radical (unpaired) electrons. The fourth-order valence-corrected chi connectivity index (χ4v) is 5.51. The summed E-state index contributed by atoms with van der Waals surface area (Å²) in [5, 5.41) is 4.43. The van der Waals surface area contributed by atoms with Gasteiger partial charge in [-0.15, -0.1) is 0 Å². The normalized spacial score (nSPS) is 18.7. The quantitative estimate of drug-likeness (QED) is 0.635. The minimum atomic E-state index is 0.0713. The molecule has 1 amide bonds. The molecule has 5 nitrogen and oxygen atoms in total. The lowest BCUT2D eigenvalue weighted by molar-refractivity contribution is -0.125. The number of hydrogen-bond acceptors (Lipinski definition) is 4. The molecule has 5 heteroatoms. The lowest BCUT2D eigenvalue weighted by Gasteiger charge is -2.34. The van der Waals surface area contributed by atoms with Gasteiger partial charge in [0.2, 0.25) is 11.9 Å². The third-order valence-corrected chi connectivity index (χ3v) is 7.48. The Bertz CT molecular complexity index is 1080. The fraction of sp³-hybridized carbons (Fsp3) is 0.444. The van der Waals surface area contributed by atoms with Gasteiger partial charge in [0.1, 0.15) is 0 Å². The van der Waals surface area contributed by atoms with Crippen molar-refractivity contribution >= 4 is 22.8 Å². The number of carbonyl (C=O) groups is 1. The van der Waals surface area contributed by atoms with Gasteiger partial charge in [-0.3, -0.25) is 4.79 Å². The Kier molecular flexibility index (Phi) is 5.81. The van der Waals surface area contributed by atoms with Gasteiger partial charge in [0, 0.05) is 36.4 Å². The highest BCUT2D eigenvalue weighted by Gasteiger charge is 2.36. The maximum Gasteiger partial charge on any atom is 0.226 e. The number of amides is 1. The molecule has 1 aliphatic heterocycles. The molecule has 32 heavy (non-hydrogen) atoms. The van der Waals surface area contributed by atoms with E-state index in [0.717, 1.165) is 67.9 Å². The van der Waals surface area contributed by atoms with E-state index in [-0.39, 0.29) is 17.2 Å². The first-order valence-corrected chi connectivity index (χ1v) is 12.0. The first-order chi connectivity index (χ1) is 15.6. The summed E-state index contributed by atoms with van der Waals surface area (Å²) in [6, 6.07) is 18.9. The Balaban J connectivity index is 1.21. The zero-order chi connectivity index (χ0) is 22.0. The Morgan fingerprint density at radius 1 is 1.00 bits per heavy atom. The second-order valence-corrected chi connectivity index (χ2v) is 9.46. The van der Waals surface area contributed by atoms with Gasteiger partial charge in [0.25, 0.3) is 0 Å². The first-order valence-electron chi connectivity index (χ1n) is 12.0. The monoisotopic (exact) mass is 428 g/mol. The first kappa shape index (κ1) is 20.9. The number of aromatic nitrogens is 2. The maximum atomic E-state index is 13.0. The fourth-order valence-electron chi connectivity index (χ4n) is 5.51. The second kappa shape index (κ2) is 8.89. The SMILES string of the molecule is Cc1nc(N2CCC(C(=O)NCC3(c4ccccc4)CCCC3)CC2)nc2ccccc12. The van der Waals surface area contributed by atoms with E-state index in [1.165, 1.54) is 18.4 Å². The predicted octanol–water partition coefficient (Wildman–Crippen LogP) is 4.78. The number of anilines is 1. The molecule has 0 bridgehead atoms. The highest BCUT2D eigenvalue weighted by Crippen LogP contribution is 2.40. The summed E-state index contributed by atoms with van der Waals surface area (Å²) in [6.07, 6.45) is 6.50. The molecular formula is C27H32N4O. The van der Waals surface area contributed by atoms with Crippen LogP contribution in [0.3, 0.4) is 0 Å². The summed E-state index contributed by atoms with van der Waals surface area (Å²) in [5.41, 5.74) is 3.47. The number of nitrogens with one attached hydrogen (secondary N) is 1. The molecule has 0 spiro atoms. The zero-order valence-corrected chi connectivity index (χ0v) is 18.9. The van der Waals surface area contributed by atoms with Gasteiger partial charge < -0.3 is 10.2 Å². The van der Waals surface area contributed by atoms with Crippen LogP contribution in [0.4, 0.5) is 5.95 Å². The van der Waals surface area contributed by atoms with Crippen LogP contribution >= 0.6 is 0 Å². The number of hydrogen-bond donors (Lipinski definition) is 1. The molecular weight excluding hydrogens is 396 g/mol. The lowest BCUT2D eigenvalue weighted by Crippen LogP contribution is -2.45. The van der Waals surface area contributed by atoms with Crippen molar-refractivity contribution in [1.82, 2.24) is 15.3 Å². The third kappa shape index (κ3) is 4.08. The smallest absolute Gasteiger partial charge is 0.226 e. The van der Waals surface area contributed by atoms with Gasteiger partial charge in [-0.25, -0.2) is 9.97 Å². The van der Waals surface area contributed by atoms with Crippen LogP contribution in [-0.2, 0) is 10.2 Å². The molecule has 2 heterocycles. The van der Waals surface area contributed by atoms with Crippen LogP contribution in [0, 0.1) is 12.8 Å². The Morgan fingerprint density at radius 2 is 1.69 bits per heavy atom. The summed E-state index contributed by atoms with van der Waals surface area (Å²) in [7, 11) is 0. The Hall–Kier alpha value is -2.95. The van der Waals surface area contributed by atoms with Crippen LogP contribution in [-0.4, -0.2) is 35.5 Å². The molecule has 0 atom stereocenters. The van der Waals surface area contributed by atoms with Crippen LogP contribution in [0.2, 0.25) is 0 Å². The molecule has 2 aromatic carbocycles. The lowest BCUT2D eigenvalue weighted by atomic mass is 9.78. The van der Waals surface area contributed by atoms with Gasteiger partial charge in [0.05, 0.1) is 11.2 Å². The van der Waals surface area contributed by atoms with Crippen LogP contribution in [0.5, 0.6) is 0 Å². The number of piperidine rings is 1. The number of aryl methyl sites for hydroxylation is 1. The molecule has 3 aromatic rings. The standard InChI is InChI=1S/C27H32N4O/c1-20-23-11-5-6-12-24(23)30-26(29-20)31-17-13-21(14-18-31)25(32)28-19-27(15-7-8-16-27)22-9-3-2-4-10-22/h2-6,9-12,21H,7-8,13-19H2,1H3,(H,28,32). The summed E-state index contributed by atoms with van der Waals surface area (Å²) < 4.78 is 0. The van der Waals surface area contributed by atoms with Crippen molar-refractivity contribution in [3.8, 4) is 0 Å². The molecule has 1 N–H and O–H groups in total. The van der Waals surface area contributed by atoms with Crippen LogP contribution < -0.4 is 10.2 Å². The van der Waals surface area contributed by atoms with E-state index in [9.17, 15) is 4.79 Å². The van der Waals surface area contributed by atoms with Crippen molar-refractivity contribution in [2.45, 2.75) is 50.9 Å². The average molecular weight is 429 g/mol. The summed E-state index contributed by atoms with van der Waals surface area (Å²) in [6.45, 7) is 4.43. The van der Waals surface area contributed by atoms with Gasteiger partial charge in [-0.1, -0.05) is 61.4 Å². The van der Waals surface area contributed by atoms with E-state index in [2.05, 4.69) is 46.6 Å². The highest BCUT2D eigenvalue weighted by atomic mass is 16.1. The van der Waals surface area contributed by atoms with Crippen molar-refractivity contribution in [3.63, 3.8) is 0 Å². The van der Waals surface area contributed by atoms with Gasteiger partial charge >= 0.3 is 0 Å². The number of nitrogens with zero attached hydrogens (tertiary/aromatic N) is 3. The van der Waals surface area contributed by atoms with E-state index in [4.69, 9.17) is 9.97 Å². The van der Waals surface area contributed by atoms with E-state index in [1.807, 2.05) is 25.1 Å². The number of carbonyl (C=O) groups excluding carboxylic acids is 1. The van der Waals surface area contributed by atoms with E-state index < -0.39 is 0 Å². The van der Waals surface area contributed by atoms with Crippen molar-refractivity contribution in [3.05, 3.63) is 65.9 Å². The molecule has 1 aliphatic carbocycles. The van der Waals surface area contributed by atoms with Gasteiger partial charge in [-0.2, -0.15) is 0 Å². The minimum Gasteiger partial charge on any atom is -0.355 e. The topological polar surface area (TPSA) is 58.1 Å². The van der Waals surface area contributed by atoms with Crippen molar-refractivity contribution in [2.24, 2.45) is 5.92 Å². The predicted molar refractivity (Wildman–Crippen MR) is 129 cm³/mol. The minimum absolute atomic E-state index is 0.0713. The Labute approximate surface area is 190 Å². The summed E-state index contributed by atoms with van der Waals surface area (Å²) in [5.74, 6) is 1.07. The molecule has 2 aliphatic rings. The molecule has 5 rings (SSSR count). The molecule has 1 saturated carbocycles. The molecule has 166 valence electrons. The average Bonchev–Trinajstić information content (AvgIpc) is 3.33. The zero-order valence-electron chi connectivity index (χ0n) is 18.9. The largest absolute Gasteiger partial charge is 0.355 e. The highest BCUT2D eigenvalue weighted by molar-refractivity contribution is 5.82. The number of fused-ring (bicyclic) bond motifs is 1. The summed E-state index contributed by atoms with van der Waals surface area (Å²) >= 11 is 0. The number of para-hydroxylation sites is 1. The van der Waals surface area contributed by atoms with Crippen LogP contribution in [0.1, 0.15) is 49.8 Å². The van der Waals surface area contributed by atoms with Crippen molar-refractivity contribution in [2.75, 3.05) is 24.5 Å². The van der Waals surface area contributed by atoms with Gasteiger partial charge in [0.15, 0.2) is 0 Å². The molecule has 2 fully saturated rings. The maximum absolute atomic E-state index is 13.0. The second-order valence-electron chi connectivity index (χ2n) is 9.46. The van der Waals surface area contributed by atoms with Gasteiger partial charge in [-0.05, 0) is 44.2 Å². The molecule has 1 saturated heterocycles. The van der Waals surface area contributed by atoms with Crippen LogP contribution in [0.25, 0.3) is 10.9 Å².